The molecule has 1 aromatic carbocycles. The van der Waals surface area contributed by atoms with Gasteiger partial charge in [0.2, 0.25) is 0 Å². The van der Waals surface area contributed by atoms with Crippen LogP contribution in [0.2, 0.25) is 0 Å². The van der Waals surface area contributed by atoms with Crippen LogP contribution in [0.15, 0.2) is 41.4 Å². The molecule has 0 spiro atoms. The summed E-state index contributed by atoms with van der Waals surface area (Å²) in [6, 6.07) is 8.31. The van der Waals surface area contributed by atoms with Crippen molar-refractivity contribution in [3.8, 4) is 0 Å². The molecular formula is C13H16N4O2S. The smallest absolute Gasteiger partial charge is 0.265 e. The first-order valence-electron chi connectivity index (χ1n) is 5.96. The molecule has 0 fully saturated rings. The predicted molar refractivity (Wildman–Crippen MR) is 78.5 cm³/mol. The lowest BCUT2D eigenvalue weighted by molar-refractivity contribution is 0.601. The number of nitrogens with zero attached hydrogens (tertiary/aromatic N) is 1. The third-order valence-electron chi connectivity index (χ3n) is 2.75. The first kappa shape index (κ1) is 14.3. The number of pyridine rings is 1. The van der Waals surface area contributed by atoms with E-state index in [1.165, 1.54) is 12.3 Å². The van der Waals surface area contributed by atoms with Gasteiger partial charge in [-0.3, -0.25) is 4.72 Å². The summed E-state index contributed by atoms with van der Waals surface area (Å²) in [5.41, 5.74) is 13.2. The van der Waals surface area contributed by atoms with Gasteiger partial charge in [-0.1, -0.05) is 12.1 Å². The van der Waals surface area contributed by atoms with Crippen LogP contribution in [-0.2, 0) is 16.6 Å². The average molecular weight is 292 g/mol. The highest BCUT2D eigenvalue weighted by Gasteiger charge is 2.18. The Morgan fingerprint density at radius 1 is 1.25 bits per heavy atom. The Morgan fingerprint density at radius 3 is 2.50 bits per heavy atom. The van der Waals surface area contributed by atoms with Gasteiger partial charge in [-0.15, -0.1) is 0 Å². The standard InChI is InChI=1S/C13H16N4O2S/c1-9-6-12(13(15)16-8-9)20(18,19)17-11-4-2-10(7-14)3-5-11/h2-6,8,17H,7,14H2,1H3,(H2,15,16). The predicted octanol–water partition coefficient (Wildman–Crippen LogP) is 1.23. The Balaban J connectivity index is 2.32. The zero-order valence-corrected chi connectivity index (χ0v) is 11.8. The van der Waals surface area contributed by atoms with E-state index in [9.17, 15) is 8.42 Å². The summed E-state index contributed by atoms with van der Waals surface area (Å²) >= 11 is 0. The first-order valence-corrected chi connectivity index (χ1v) is 7.44. The van der Waals surface area contributed by atoms with Crippen molar-refractivity contribution in [3.63, 3.8) is 0 Å². The highest BCUT2D eigenvalue weighted by Crippen LogP contribution is 2.21. The van der Waals surface area contributed by atoms with Crippen LogP contribution < -0.4 is 16.2 Å². The summed E-state index contributed by atoms with van der Waals surface area (Å²) < 4.78 is 27.0. The van der Waals surface area contributed by atoms with Crippen molar-refractivity contribution in [2.24, 2.45) is 5.73 Å². The fourth-order valence-corrected chi connectivity index (χ4v) is 2.91. The summed E-state index contributed by atoms with van der Waals surface area (Å²) in [7, 11) is -3.75. The number of nitrogens with one attached hydrogen (secondary N) is 1. The quantitative estimate of drug-likeness (QED) is 0.785. The summed E-state index contributed by atoms with van der Waals surface area (Å²) in [6.07, 6.45) is 1.52. The lowest BCUT2D eigenvalue weighted by Gasteiger charge is -2.10. The molecule has 0 bridgehead atoms. The Labute approximate surface area is 117 Å². The van der Waals surface area contributed by atoms with Gasteiger partial charge in [-0.05, 0) is 36.2 Å². The van der Waals surface area contributed by atoms with Gasteiger partial charge in [0.1, 0.15) is 10.7 Å². The van der Waals surface area contributed by atoms with E-state index in [1.54, 1.807) is 31.2 Å². The van der Waals surface area contributed by atoms with E-state index in [1.807, 2.05) is 0 Å². The molecule has 7 heteroatoms. The van der Waals surface area contributed by atoms with E-state index in [-0.39, 0.29) is 10.7 Å². The minimum atomic E-state index is -3.75. The molecule has 0 amide bonds. The van der Waals surface area contributed by atoms with Crippen LogP contribution >= 0.6 is 0 Å². The second-order valence-electron chi connectivity index (χ2n) is 4.40. The fourth-order valence-electron chi connectivity index (χ4n) is 1.69. The van der Waals surface area contributed by atoms with Gasteiger partial charge in [0, 0.05) is 18.4 Å². The molecule has 20 heavy (non-hydrogen) atoms. The number of rotatable bonds is 4. The highest BCUT2D eigenvalue weighted by atomic mass is 32.2. The molecule has 106 valence electrons. The van der Waals surface area contributed by atoms with Crippen molar-refractivity contribution in [1.82, 2.24) is 4.98 Å². The summed E-state index contributed by atoms with van der Waals surface area (Å²) in [5.74, 6) is -0.0262. The SMILES string of the molecule is Cc1cnc(N)c(S(=O)(=O)Nc2ccc(CN)cc2)c1. The largest absolute Gasteiger partial charge is 0.383 e. The fraction of sp³-hybridized carbons (Fsp3) is 0.154. The normalized spacial score (nSPS) is 11.3. The van der Waals surface area contributed by atoms with Crippen molar-refractivity contribution in [2.75, 3.05) is 10.5 Å². The molecule has 0 unspecified atom stereocenters. The molecule has 0 saturated carbocycles. The monoisotopic (exact) mass is 292 g/mol. The third kappa shape index (κ3) is 3.06. The minimum absolute atomic E-state index is 0.0262. The Hall–Kier alpha value is -2.12. The van der Waals surface area contributed by atoms with Crippen molar-refractivity contribution in [1.29, 1.82) is 0 Å². The number of hydrogen-bond acceptors (Lipinski definition) is 5. The number of nitrogen functional groups attached to an aromatic ring is 1. The maximum Gasteiger partial charge on any atom is 0.265 e. The second kappa shape index (κ2) is 5.48. The first-order chi connectivity index (χ1) is 9.42. The number of anilines is 2. The van der Waals surface area contributed by atoms with Gasteiger partial charge < -0.3 is 11.5 Å². The van der Waals surface area contributed by atoms with Crippen molar-refractivity contribution < 1.29 is 8.42 Å². The number of sulfonamides is 1. The summed E-state index contributed by atoms with van der Waals surface area (Å²) in [4.78, 5) is 3.83. The van der Waals surface area contributed by atoms with Gasteiger partial charge in [0.25, 0.3) is 10.0 Å². The van der Waals surface area contributed by atoms with Crippen molar-refractivity contribution >= 4 is 21.5 Å². The van der Waals surface area contributed by atoms with Crippen LogP contribution in [0.4, 0.5) is 11.5 Å². The number of nitrogens with two attached hydrogens (primary N) is 2. The van der Waals surface area contributed by atoms with Gasteiger partial charge in [-0.25, -0.2) is 13.4 Å². The molecule has 1 heterocycles. The molecule has 0 aliphatic rings. The molecule has 0 aliphatic heterocycles. The molecular weight excluding hydrogens is 276 g/mol. The average Bonchev–Trinajstić information content (AvgIpc) is 2.42. The maximum absolute atomic E-state index is 12.3. The van der Waals surface area contributed by atoms with Crippen LogP contribution in [0.1, 0.15) is 11.1 Å². The van der Waals surface area contributed by atoms with Gasteiger partial charge in [-0.2, -0.15) is 0 Å². The Kier molecular flexibility index (Phi) is 3.91. The number of hydrogen-bond donors (Lipinski definition) is 3. The zero-order valence-electron chi connectivity index (χ0n) is 11.0. The molecule has 0 saturated heterocycles. The van der Waals surface area contributed by atoms with Gasteiger partial charge >= 0.3 is 0 Å². The van der Waals surface area contributed by atoms with Crippen LogP contribution in [0, 0.1) is 6.92 Å². The highest BCUT2D eigenvalue weighted by molar-refractivity contribution is 7.92. The molecule has 0 atom stereocenters. The number of aromatic nitrogens is 1. The topological polar surface area (TPSA) is 111 Å². The summed E-state index contributed by atoms with van der Waals surface area (Å²) in [5, 5.41) is 0. The van der Waals surface area contributed by atoms with Crippen LogP contribution in [0.3, 0.4) is 0 Å². The van der Waals surface area contributed by atoms with Crippen molar-refractivity contribution in [3.05, 3.63) is 47.7 Å². The number of aryl methyl sites for hydroxylation is 1. The van der Waals surface area contributed by atoms with E-state index >= 15 is 0 Å². The lowest BCUT2D eigenvalue weighted by Crippen LogP contribution is -2.15. The minimum Gasteiger partial charge on any atom is -0.383 e. The van der Waals surface area contributed by atoms with Gasteiger partial charge in [0.05, 0.1) is 0 Å². The van der Waals surface area contributed by atoms with Crippen LogP contribution in [-0.4, -0.2) is 13.4 Å². The Morgan fingerprint density at radius 2 is 1.90 bits per heavy atom. The molecule has 2 aromatic rings. The molecule has 0 aliphatic carbocycles. The zero-order chi connectivity index (χ0) is 14.8. The molecule has 6 nitrogen and oxygen atoms in total. The van der Waals surface area contributed by atoms with E-state index in [0.717, 1.165) is 11.1 Å². The molecule has 0 radical (unpaired) electrons. The third-order valence-corrected chi connectivity index (χ3v) is 4.16. The van der Waals surface area contributed by atoms with Gasteiger partial charge in [0.15, 0.2) is 0 Å². The van der Waals surface area contributed by atoms with Crippen molar-refractivity contribution in [2.45, 2.75) is 18.4 Å². The van der Waals surface area contributed by atoms with E-state index in [4.69, 9.17) is 11.5 Å². The molecule has 1 aromatic heterocycles. The summed E-state index contributed by atoms with van der Waals surface area (Å²) in [6.45, 7) is 2.16. The maximum atomic E-state index is 12.3. The van der Waals surface area contributed by atoms with E-state index in [0.29, 0.717) is 12.2 Å². The second-order valence-corrected chi connectivity index (χ2v) is 6.05. The Bertz CT molecular complexity index is 712. The van der Waals surface area contributed by atoms with E-state index < -0.39 is 10.0 Å². The molecule has 2 rings (SSSR count). The number of benzene rings is 1. The van der Waals surface area contributed by atoms with E-state index in [2.05, 4.69) is 9.71 Å². The van der Waals surface area contributed by atoms with Crippen LogP contribution in [0.25, 0.3) is 0 Å². The van der Waals surface area contributed by atoms with Crippen LogP contribution in [0.5, 0.6) is 0 Å². The molecule has 5 N–H and O–H groups in total. The lowest BCUT2D eigenvalue weighted by atomic mass is 10.2.